The SMILES string of the molecule is Cc1cc(Nc2cc3ncccc3c(C(=O)C34CCCC(CC3)N4CCC#N)n2)n[nH]1. The first-order chi connectivity index (χ1) is 15.1. The minimum absolute atomic E-state index is 0.0486. The molecule has 8 nitrogen and oxygen atoms in total. The highest BCUT2D eigenvalue weighted by atomic mass is 16.1. The standard InChI is InChI=1S/C23H25N7O/c1-15-13-20(29-28-15)26-19-14-18-17(6-3-11-25-18)21(27-19)22(31)23-8-2-5-16(7-9-23)30(23)12-4-10-24/h3,6,11,13-14,16H,2,4-5,7-9,12H2,1H3,(H2,26,27,28,29). The summed E-state index contributed by atoms with van der Waals surface area (Å²) in [6, 6.07) is 10.1. The Kier molecular flexibility index (Phi) is 4.91. The maximum atomic E-state index is 14.1. The number of H-pyrrole nitrogens is 1. The largest absolute Gasteiger partial charge is 0.323 e. The van der Waals surface area contributed by atoms with E-state index >= 15 is 0 Å². The van der Waals surface area contributed by atoms with Crippen LogP contribution >= 0.6 is 0 Å². The van der Waals surface area contributed by atoms with Gasteiger partial charge < -0.3 is 5.32 Å². The molecule has 2 atom stereocenters. The maximum Gasteiger partial charge on any atom is 0.202 e. The Morgan fingerprint density at radius 3 is 3.06 bits per heavy atom. The molecule has 0 aliphatic carbocycles. The number of carbonyl (C=O) groups is 1. The van der Waals surface area contributed by atoms with Crippen molar-refractivity contribution in [3.8, 4) is 6.07 Å². The van der Waals surface area contributed by atoms with Crippen LogP contribution in [0.2, 0.25) is 0 Å². The average molecular weight is 416 g/mol. The van der Waals surface area contributed by atoms with E-state index in [0.717, 1.165) is 48.7 Å². The van der Waals surface area contributed by atoms with E-state index in [4.69, 9.17) is 10.2 Å². The predicted molar refractivity (Wildman–Crippen MR) is 117 cm³/mol. The van der Waals surface area contributed by atoms with E-state index in [1.54, 1.807) is 6.20 Å². The molecular weight excluding hydrogens is 390 g/mol. The summed E-state index contributed by atoms with van der Waals surface area (Å²) < 4.78 is 0. The molecule has 2 fully saturated rings. The van der Waals surface area contributed by atoms with Crippen molar-refractivity contribution in [3.05, 3.63) is 41.9 Å². The van der Waals surface area contributed by atoms with Crippen molar-refractivity contribution >= 4 is 28.3 Å². The first-order valence-corrected chi connectivity index (χ1v) is 10.8. The number of nitrogens with zero attached hydrogens (tertiary/aromatic N) is 5. The molecule has 3 aromatic heterocycles. The first-order valence-electron chi connectivity index (χ1n) is 10.8. The number of aryl methyl sites for hydroxylation is 1. The van der Waals surface area contributed by atoms with Crippen LogP contribution in [0.5, 0.6) is 0 Å². The fourth-order valence-electron chi connectivity index (χ4n) is 5.32. The van der Waals surface area contributed by atoms with E-state index in [0.29, 0.717) is 36.3 Å². The van der Waals surface area contributed by atoms with E-state index < -0.39 is 5.54 Å². The second-order valence-electron chi connectivity index (χ2n) is 8.53. The molecule has 5 heterocycles. The van der Waals surface area contributed by atoms with Crippen LogP contribution in [0.15, 0.2) is 30.5 Å². The molecule has 2 aliphatic rings. The van der Waals surface area contributed by atoms with Crippen LogP contribution in [0, 0.1) is 18.3 Å². The van der Waals surface area contributed by atoms with E-state index in [1.807, 2.05) is 31.2 Å². The smallest absolute Gasteiger partial charge is 0.202 e. The zero-order valence-corrected chi connectivity index (χ0v) is 17.6. The van der Waals surface area contributed by atoms with Gasteiger partial charge in [0, 0.05) is 48.4 Å². The Morgan fingerprint density at radius 2 is 2.26 bits per heavy atom. The number of Topliss-reactive ketones (excluding diaryl/α,β-unsaturated/α-hetero) is 1. The van der Waals surface area contributed by atoms with E-state index in [9.17, 15) is 4.79 Å². The quantitative estimate of drug-likeness (QED) is 0.588. The molecule has 2 saturated heterocycles. The molecule has 158 valence electrons. The summed E-state index contributed by atoms with van der Waals surface area (Å²) in [4.78, 5) is 25.7. The number of fused-ring (bicyclic) bond motifs is 3. The number of piperidine rings is 1. The molecule has 2 N–H and O–H groups in total. The van der Waals surface area contributed by atoms with Gasteiger partial charge in [-0.15, -0.1) is 0 Å². The molecule has 0 radical (unpaired) electrons. The lowest BCUT2D eigenvalue weighted by atomic mass is 9.82. The molecule has 0 aromatic carbocycles. The molecule has 0 spiro atoms. The fourth-order valence-corrected chi connectivity index (χ4v) is 5.32. The lowest BCUT2D eigenvalue weighted by Gasteiger charge is -2.43. The summed E-state index contributed by atoms with van der Waals surface area (Å²) in [6.07, 6.45) is 6.91. The molecule has 5 rings (SSSR count). The van der Waals surface area contributed by atoms with Gasteiger partial charge in [-0.1, -0.05) is 0 Å². The molecule has 2 aliphatic heterocycles. The minimum Gasteiger partial charge on any atom is -0.323 e. The van der Waals surface area contributed by atoms with Crippen molar-refractivity contribution in [2.75, 3.05) is 11.9 Å². The van der Waals surface area contributed by atoms with Crippen molar-refractivity contribution in [3.63, 3.8) is 0 Å². The highest BCUT2D eigenvalue weighted by Crippen LogP contribution is 2.46. The monoisotopic (exact) mass is 415 g/mol. The first kappa shape index (κ1) is 19.6. The van der Waals surface area contributed by atoms with Gasteiger partial charge in [0.05, 0.1) is 17.1 Å². The normalized spacial score (nSPS) is 23.0. The van der Waals surface area contributed by atoms with Crippen molar-refractivity contribution < 1.29 is 4.79 Å². The summed E-state index contributed by atoms with van der Waals surface area (Å²) >= 11 is 0. The average Bonchev–Trinajstić information content (AvgIpc) is 3.27. The third-order valence-electron chi connectivity index (χ3n) is 6.67. The number of rotatable bonds is 6. The second-order valence-corrected chi connectivity index (χ2v) is 8.53. The third-order valence-corrected chi connectivity index (χ3v) is 6.67. The molecular formula is C23H25N7O. The lowest BCUT2D eigenvalue weighted by Crippen LogP contribution is -2.55. The zero-order valence-electron chi connectivity index (χ0n) is 17.6. The van der Waals surface area contributed by atoms with Gasteiger partial charge in [0.1, 0.15) is 11.5 Å². The number of hydrogen-bond donors (Lipinski definition) is 2. The predicted octanol–water partition coefficient (Wildman–Crippen LogP) is 3.89. The fraction of sp³-hybridized carbons (Fsp3) is 0.435. The van der Waals surface area contributed by atoms with Crippen LogP contribution in [0.4, 0.5) is 11.6 Å². The van der Waals surface area contributed by atoms with Gasteiger partial charge in [-0.3, -0.25) is 19.8 Å². The Hall–Kier alpha value is -3.31. The minimum atomic E-state index is -0.572. The number of carbonyl (C=O) groups excluding carboxylic acids is 1. The number of nitriles is 1. The van der Waals surface area contributed by atoms with Gasteiger partial charge in [-0.2, -0.15) is 10.4 Å². The third kappa shape index (κ3) is 3.35. The van der Waals surface area contributed by atoms with Crippen LogP contribution in [0.1, 0.15) is 54.7 Å². The zero-order chi connectivity index (χ0) is 21.4. The van der Waals surface area contributed by atoms with E-state index in [1.165, 1.54) is 0 Å². The van der Waals surface area contributed by atoms with Gasteiger partial charge >= 0.3 is 0 Å². The van der Waals surface area contributed by atoms with E-state index in [-0.39, 0.29) is 5.78 Å². The molecule has 2 bridgehead atoms. The van der Waals surface area contributed by atoms with Crippen LogP contribution in [-0.2, 0) is 0 Å². The molecule has 0 saturated carbocycles. The lowest BCUT2D eigenvalue weighted by molar-refractivity contribution is 0.0408. The van der Waals surface area contributed by atoms with Crippen LogP contribution in [0.3, 0.4) is 0 Å². The van der Waals surface area contributed by atoms with Crippen molar-refractivity contribution in [1.29, 1.82) is 5.26 Å². The van der Waals surface area contributed by atoms with Crippen LogP contribution in [0.25, 0.3) is 10.9 Å². The highest BCUT2D eigenvalue weighted by Gasteiger charge is 2.53. The maximum absolute atomic E-state index is 14.1. The highest BCUT2D eigenvalue weighted by molar-refractivity contribution is 6.11. The molecule has 31 heavy (non-hydrogen) atoms. The molecule has 0 amide bonds. The van der Waals surface area contributed by atoms with Crippen LogP contribution < -0.4 is 5.32 Å². The van der Waals surface area contributed by atoms with Crippen LogP contribution in [-0.4, -0.2) is 49.0 Å². The summed E-state index contributed by atoms with van der Waals surface area (Å²) in [7, 11) is 0. The Bertz CT molecular complexity index is 1180. The number of aromatic nitrogens is 4. The van der Waals surface area contributed by atoms with Gasteiger partial charge in [0.2, 0.25) is 5.78 Å². The number of hydrogen-bond acceptors (Lipinski definition) is 7. The van der Waals surface area contributed by atoms with Gasteiger partial charge in [-0.25, -0.2) is 4.98 Å². The van der Waals surface area contributed by atoms with Crippen molar-refractivity contribution in [2.45, 2.75) is 57.0 Å². The number of ketones is 1. The van der Waals surface area contributed by atoms with Gasteiger partial charge in [0.15, 0.2) is 5.82 Å². The van der Waals surface area contributed by atoms with Crippen molar-refractivity contribution in [1.82, 2.24) is 25.1 Å². The summed E-state index contributed by atoms with van der Waals surface area (Å²) in [5.41, 5.74) is 1.53. The molecule has 2 unspecified atom stereocenters. The Labute approximate surface area is 180 Å². The topological polar surface area (TPSA) is 111 Å². The second kappa shape index (κ2) is 7.75. The molecule has 3 aromatic rings. The number of anilines is 2. The Morgan fingerprint density at radius 1 is 1.35 bits per heavy atom. The number of pyridine rings is 2. The van der Waals surface area contributed by atoms with Gasteiger partial charge in [-0.05, 0) is 51.2 Å². The summed E-state index contributed by atoms with van der Waals surface area (Å²) in [5, 5.41) is 20.2. The number of nitrogens with one attached hydrogen (secondary N) is 2. The summed E-state index contributed by atoms with van der Waals surface area (Å²) in [5.74, 6) is 1.24. The van der Waals surface area contributed by atoms with E-state index in [2.05, 4.69) is 31.5 Å². The Balaban J connectivity index is 1.58. The summed E-state index contributed by atoms with van der Waals surface area (Å²) in [6.45, 7) is 2.56. The van der Waals surface area contributed by atoms with Gasteiger partial charge in [0.25, 0.3) is 0 Å². The number of aromatic amines is 1. The molecule has 8 heteroatoms. The van der Waals surface area contributed by atoms with Crippen molar-refractivity contribution in [2.24, 2.45) is 0 Å².